The number of hydrogen-bond acceptors (Lipinski definition) is 7. The monoisotopic (exact) mass is 398 g/mol. The lowest BCUT2D eigenvalue weighted by Crippen LogP contribution is -2.48. The van der Waals surface area contributed by atoms with Gasteiger partial charge in [-0.25, -0.2) is 9.59 Å². The largest absolute Gasteiger partial charge is 0.459 e. The summed E-state index contributed by atoms with van der Waals surface area (Å²) in [7, 11) is 0. The number of fused-ring (bicyclic) bond motifs is 2. The number of carbonyl (C=O) groups excluding carboxylic acids is 3. The average Bonchev–Trinajstić information content (AvgIpc) is 2.91. The van der Waals surface area contributed by atoms with Gasteiger partial charge >= 0.3 is 11.9 Å². The van der Waals surface area contributed by atoms with Crippen LogP contribution >= 0.6 is 0 Å². The highest BCUT2D eigenvalue weighted by Crippen LogP contribution is 2.52. The van der Waals surface area contributed by atoms with Crippen molar-refractivity contribution in [2.75, 3.05) is 11.9 Å². The zero-order chi connectivity index (χ0) is 21.3. The van der Waals surface area contributed by atoms with Crippen LogP contribution < -0.4 is 11.1 Å². The van der Waals surface area contributed by atoms with Crippen molar-refractivity contribution in [1.29, 1.82) is 0 Å². The van der Waals surface area contributed by atoms with Crippen LogP contribution in [0.15, 0.2) is 59.7 Å². The molecule has 3 rings (SSSR count). The highest BCUT2D eigenvalue weighted by Gasteiger charge is 2.61. The summed E-state index contributed by atoms with van der Waals surface area (Å²) in [5, 5.41) is 2.72. The number of esters is 2. The van der Waals surface area contributed by atoms with Crippen molar-refractivity contribution in [3.05, 3.63) is 65.3 Å². The number of nitrogens with one attached hydrogen (secondary N) is 1. The van der Waals surface area contributed by atoms with E-state index >= 15 is 0 Å². The number of hydrogen-bond donors (Lipinski definition) is 2. The lowest BCUT2D eigenvalue weighted by atomic mass is 9.67. The van der Waals surface area contributed by atoms with E-state index in [1.807, 2.05) is 0 Å². The van der Waals surface area contributed by atoms with Crippen molar-refractivity contribution in [3.63, 3.8) is 0 Å². The Bertz CT molecular complexity index is 975. The van der Waals surface area contributed by atoms with E-state index in [0.717, 1.165) is 0 Å². The number of benzene rings is 1. The maximum Gasteiger partial charge on any atom is 0.341 e. The summed E-state index contributed by atoms with van der Waals surface area (Å²) in [5.41, 5.74) is 4.64. The van der Waals surface area contributed by atoms with E-state index in [1.54, 1.807) is 38.1 Å². The topological polar surface area (TPSA) is 117 Å². The van der Waals surface area contributed by atoms with Crippen LogP contribution in [0.3, 0.4) is 0 Å². The summed E-state index contributed by atoms with van der Waals surface area (Å²) in [4.78, 5) is 39.4. The molecule has 2 aliphatic rings. The maximum absolute atomic E-state index is 13.4. The first kappa shape index (κ1) is 20.2. The first-order valence-electron chi connectivity index (χ1n) is 9.04. The molecule has 29 heavy (non-hydrogen) atoms. The number of amides is 1. The molecule has 1 spiro atoms. The summed E-state index contributed by atoms with van der Waals surface area (Å²) >= 11 is 0. The van der Waals surface area contributed by atoms with E-state index in [1.165, 1.54) is 13.0 Å². The van der Waals surface area contributed by atoms with Crippen LogP contribution in [0.25, 0.3) is 0 Å². The molecule has 1 amide bonds. The molecule has 1 aromatic carbocycles. The summed E-state index contributed by atoms with van der Waals surface area (Å²) in [6, 6.07) is 6.73. The smallest absolute Gasteiger partial charge is 0.341 e. The van der Waals surface area contributed by atoms with E-state index in [4.69, 9.17) is 19.9 Å². The van der Waals surface area contributed by atoms with Crippen molar-refractivity contribution < 1.29 is 28.6 Å². The van der Waals surface area contributed by atoms with Gasteiger partial charge in [-0.15, -0.1) is 0 Å². The molecule has 0 bridgehead atoms. The number of para-hydroxylation sites is 1. The van der Waals surface area contributed by atoms with Crippen molar-refractivity contribution in [3.8, 4) is 0 Å². The summed E-state index contributed by atoms with van der Waals surface area (Å²) < 4.78 is 16.0. The van der Waals surface area contributed by atoms with E-state index in [0.29, 0.717) is 11.3 Å². The molecule has 3 N–H and O–H groups in total. The van der Waals surface area contributed by atoms with Crippen LogP contribution in [0.1, 0.15) is 26.3 Å². The predicted molar refractivity (Wildman–Crippen MR) is 104 cm³/mol. The summed E-state index contributed by atoms with van der Waals surface area (Å²) in [6.07, 6.45) is 0.910. The molecule has 152 valence electrons. The Morgan fingerprint density at radius 2 is 1.97 bits per heavy atom. The Balaban J connectivity index is 2.32. The maximum atomic E-state index is 13.4. The van der Waals surface area contributed by atoms with Gasteiger partial charge in [-0.1, -0.05) is 30.9 Å². The van der Waals surface area contributed by atoms with Crippen molar-refractivity contribution in [2.45, 2.75) is 32.3 Å². The van der Waals surface area contributed by atoms with Crippen LogP contribution in [0.4, 0.5) is 5.69 Å². The second-order valence-electron chi connectivity index (χ2n) is 6.86. The molecule has 0 saturated heterocycles. The van der Waals surface area contributed by atoms with Gasteiger partial charge in [0.05, 0.1) is 6.10 Å². The molecule has 2 aliphatic heterocycles. The molecule has 0 saturated carbocycles. The molecule has 0 radical (unpaired) electrons. The zero-order valence-electron chi connectivity index (χ0n) is 16.4. The number of rotatable bonds is 5. The molecule has 2 heterocycles. The minimum Gasteiger partial charge on any atom is -0.459 e. The molecule has 0 aromatic heterocycles. The third kappa shape index (κ3) is 3.06. The SMILES string of the molecule is C=CCOC(=O)C1=C(C)OC(N)=C(C(=O)OC(C)C)[C@@]12C(=O)Nc1ccccc12. The van der Waals surface area contributed by atoms with Crippen molar-refractivity contribution in [2.24, 2.45) is 5.73 Å². The highest BCUT2D eigenvalue weighted by molar-refractivity contribution is 6.21. The van der Waals surface area contributed by atoms with E-state index in [9.17, 15) is 14.4 Å². The first-order valence-corrected chi connectivity index (χ1v) is 9.04. The fourth-order valence-electron chi connectivity index (χ4n) is 3.63. The zero-order valence-corrected chi connectivity index (χ0v) is 16.4. The Morgan fingerprint density at radius 3 is 2.62 bits per heavy atom. The van der Waals surface area contributed by atoms with Crippen LogP contribution in [0.5, 0.6) is 0 Å². The molecule has 1 aromatic rings. The quantitative estimate of drug-likeness (QED) is 0.576. The van der Waals surface area contributed by atoms with Gasteiger partial charge in [0.2, 0.25) is 11.8 Å². The third-order valence-corrected chi connectivity index (χ3v) is 4.61. The third-order valence-electron chi connectivity index (χ3n) is 4.61. The van der Waals surface area contributed by atoms with Gasteiger partial charge in [0.15, 0.2) is 0 Å². The van der Waals surface area contributed by atoms with Crippen LogP contribution in [0, 0.1) is 0 Å². The highest BCUT2D eigenvalue weighted by atomic mass is 16.6. The lowest BCUT2D eigenvalue weighted by Gasteiger charge is -2.35. The molecule has 0 unspecified atom stereocenters. The number of ether oxygens (including phenoxy) is 3. The molecule has 0 fully saturated rings. The van der Waals surface area contributed by atoms with E-state index < -0.39 is 29.4 Å². The minimum atomic E-state index is -1.85. The second-order valence-corrected chi connectivity index (χ2v) is 6.86. The van der Waals surface area contributed by atoms with Gasteiger partial charge < -0.3 is 25.3 Å². The number of nitrogens with two attached hydrogens (primary N) is 1. The summed E-state index contributed by atoms with van der Waals surface area (Å²) in [6.45, 7) is 8.24. The van der Waals surface area contributed by atoms with Gasteiger partial charge in [-0.3, -0.25) is 4.79 Å². The van der Waals surface area contributed by atoms with Gasteiger partial charge in [-0.05, 0) is 26.8 Å². The Hall–Kier alpha value is -3.55. The molecule has 0 aliphatic carbocycles. The minimum absolute atomic E-state index is 0.0597. The van der Waals surface area contributed by atoms with E-state index in [2.05, 4.69) is 11.9 Å². The van der Waals surface area contributed by atoms with Gasteiger partial charge in [0, 0.05) is 11.3 Å². The molecular formula is C21H22N2O6. The van der Waals surface area contributed by atoms with Crippen LogP contribution in [-0.4, -0.2) is 30.6 Å². The Labute approximate surface area is 168 Å². The fraction of sp³-hybridized carbons (Fsp3) is 0.286. The number of allylic oxidation sites excluding steroid dienone is 1. The van der Waals surface area contributed by atoms with Crippen molar-refractivity contribution >= 4 is 23.5 Å². The summed E-state index contributed by atoms with van der Waals surface area (Å²) in [5.74, 6) is -2.54. The van der Waals surface area contributed by atoms with Crippen LogP contribution in [-0.2, 0) is 34.0 Å². The van der Waals surface area contributed by atoms with Crippen molar-refractivity contribution in [1.82, 2.24) is 0 Å². The molecular weight excluding hydrogens is 376 g/mol. The normalized spacial score (nSPS) is 20.3. The predicted octanol–water partition coefficient (Wildman–Crippen LogP) is 2.03. The van der Waals surface area contributed by atoms with Gasteiger partial charge in [-0.2, -0.15) is 0 Å². The Kier molecular flexibility index (Phi) is 5.19. The Morgan fingerprint density at radius 1 is 1.28 bits per heavy atom. The second kappa shape index (κ2) is 7.46. The standard InChI is InChI=1S/C21H22N2O6/c1-5-10-27-18(24)15-12(4)29-17(22)16(19(25)28-11(2)3)21(15)13-8-6-7-9-14(13)23-20(21)26/h5-9,11H,1,10,22H2,2-4H3,(H,23,26)/t21-/m0/s1. The van der Waals surface area contributed by atoms with Gasteiger partial charge in [0.25, 0.3) is 0 Å². The fourth-order valence-corrected chi connectivity index (χ4v) is 3.63. The van der Waals surface area contributed by atoms with E-state index in [-0.39, 0.29) is 29.4 Å². The van der Waals surface area contributed by atoms with Gasteiger partial charge in [0.1, 0.15) is 28.9 Å². The van der Waals surface area contributed by atoms with Crippen LogP contribution in [0.2, 0.25) is 0 Å². The average molecular weight is 398 g/mol. The molecule has 1 atom stereocenters. The number of carbonyl (C=O) groups is 3. The number of anilines is 1. The molecule has 8 nitrogen and oxygen atoms in total. The lowest BCUT2D eigenvalue weighted by molar-refractivity contribution is -0.145. The first-order chi connectivity index (χ1) is 13.7. The molecule has 8 heteroatoms.